The predicted molar refractivity (Wildman–Crippen MR) is 67.0 cm³/mol. The van der Waals surface area contributed by atoms with Crippen LogP contribution in [-0.2, 0) is 10.0 Å². The molecule has 0 saturated carbocycles. The molecule has 0 spiro atoms. The lowest BCUT2D eigenvalue weighted by molar-refractivity contribution is 0.186. The van der Waals surface area contributed by atoms with Gasteiger partial charge < -0.3 is 10.8 Å². The molecule has 0 heterocycles. The summed E-state index contributed by atoms with van der Waals surface area (Å²) in [7, 11) is -3.73. The quantitative estimate of drug-likeness (QED) is 0.692. The molecular weight excluding hydrogens is 259 g/mol. The summed E-state index contributed by atoms with van der Waals surface area (Å²) in [4.78, 5) is -0.0491. The average molecular weight is 276 g/mol. The zero-order chi connectivity index (χ0) is 13.9. The zero-order valence-corrected chi connectivity index (χ0v) is 11.1. The van der Waals surface area contributed by atoms with Crippen LogP contribution in [0.25, 0.3) is 0 Å². The standard InChI is InChI=1S/C11H17FN2O3S/c1-7-5-9(12)10(13)6-11(7)18(16,17)14-4-3-8(2)15/h5-6,8,14-15H,3-4,13H2,1-2H3. The van der Waals surface area contributed by atoms with Gasteiger partial charge in [-0.15, -0.1) is 0 Å². The molecule has 4 N–H and O–H groups in total. The normalized spacial score (nSPS) is 13.6. The van der Waals surface area contributed by atoms with E-state index >= 15 is 0 Å². The number of benzene rings is 1. The lowest BCUT2D eigenvalue weighted by Gasteiger charge is -2.11. The molecule has 0 aliphatic heterocycles. The lowest BCUT2D eigenvalue weighted by atomic mass is 10.2. The van der Waals surface area contributed by atoms with Crippen molar-refractivity contribution in [2.75, 3.05) is 12.3 Å². The van der Waals surface area contributed by atoms with Gasteiger partial charge in [0.1, 0.15) is 5.82 Å². The molecule has 102 valence electrons. The molecule has 1 aromatic rings. The van der Waals surface area contributed by atoms with Crippen LogP contribution in [0, 0.1) is 12.7 Å². The minimum absolute atomic E-state index is 0.0491. The lowest BCUT2D eigenvalue weighted by Crippen LogP contribution is -2.27. The van der Waals surface area contributed by atoms with Crippen molar-refractivity contribution < 1.29 is 17.9 Å². The first-order valence-electron chi connectivity index (χ1n) is 5.47. The highest BCUT2D eigenvalue weighted by Crippen LogP contribution is 2.21. The van der Waals surface area contributed by atoms with Gasteiger partial charge in [-0.05, 0) is 38.0 Å². The highest BCUT2D eigenvalue weighted by Gasteiger charge is 2.18. The molecule has 7 heteroatoms. The Morgan fingerprint density at radius 1 is 1.50 bits per heavy atom. The zero-order valence-electron chi connectivity index (χ0n) is 10.3. The number of rotatable bonds is 5. The molecule has 1 atom stereocenters. The fraction of sp³-hybridized carbons (Fsp3) is 0.455. The summed E-state index contributed by atoms with van der Waals surface area (Å²) in [5.41, 5.74) is 5.43. The number of hydrogen-bond donors (Lipinski definition) is 3. The molecule has 0 amide bonds. The van der Waals surface area contributed by atoms with E-state index in [9.17, 15) is 12.8 Å². The van der Waals surface area contributed by atoms with Gasteiger partial charge in [0.15, 0.2) is 0 Å². The Hall–Kier alpha value is -1.18. The number of halogens is 1. The number of nitrogens with two attached hydrogens (primary N) is 1. The van der Waals surface area contributed by atoms with Crippen LogP contribution in [0.2, 0.25) is 0 Å². The topological polar surface area (TPSA) is 92.4 Å². The summed E-state index contributed by atoms with van der Waals surface area (Å²) in [5.74, 6) is -0.643. The van der Waals surface area contributed by atoms with E-state index in [1.807, 2.05) is 0 Å². The predicted octanol–water partition coefficient (Wildman–Crippen LogP) is 0.766. The highest BCUT2D eigenvalue weighted by molar-refractivity contribution is 7.89. The Kier molecular flexibility index (Phi) is 4.66. The second kappa shape index (κ2) is 5.64. The fourth-order valence-corrected chi connectivity index (χ4v) is 2.75. The number of sulfonamides is 1. The number of aliphatic hydroxyl groups excluding tert-OH is 1. The molecule has 0 fully saturated rings. The molecular formula is C11H17FN2O3S. The molecule has 18 heavy (non-hydrogen) atoms. The first-order valence-corrected chi connectivity index (χ1v) is 6.95. The van der Waals surface area contributed by atoms with Crippen LogP contribution in [-0.4, -0.2) is 26.2 Å². The van der Waals surface area contributed by atoms with E-state index in [1.165, 1.54) is 6.92 Å². The molecule has 1 rings (SSSR count). The Bertz CT molecular complexity index is 529. The number of aryl methyl sites for hydroxylation is 1. The van der Waals surface area contributed by atoms with Gasteiger partial charge in [-0.2, -0.15) is 0 Å². The molecule has 0 saturated heterocycles. The first kappa shape index (κ1) is 14.9. The van der Waals surface area contributed by atoms with Crippen LogP contribution < -0.4 is 10.5 Å². The summed E-state index contributed by atoms with van der Waals surface area (Å²) in [6.45, 7) is 3.16. The van der Waals surface area contributed by atoms with Crippen molar-refractivity contribution in [1.29, 1.82) is 0 Å². The molecule has 5 nitrogen and oxygen atoms in total. The van der Waals surface area contributed by atoms with Gasteiger partial charge in [-0.25, -0.2) is 17.5 Å². The SMILES string of the molecule is Cc1cc(F)c(N)cc1S(=O)(=O)NCCC(C)O. The Balaban J connectivity index is 2.95. The van der Waals surface area contributed by atoms with Gasteiger partial charge in [0, 0.05) is 6.54 Å². The van der Waals surface area contributed by atoms with Crippen molar-refractivity contribution >= 4 is 15.7 Å². The monoisotopic (exact) mass is 276 g/mol. The van der Waals surface area contributed by atoms with Crippen molar-refractivity contribution in [3.63, 3.8) is 0 Å². The third-order valence-corrected chi connectivity index (χ3v) is 4.04. The van der Waals surface area contributed by atoms with Crippen LogP contribution in [0.3, 0.4) is 0 Å². The number of anilines is 1. The van der Waals surface area contributed by atoms with Crippen molar-refractivity contribution in [2.24, 2.45) is 0 Å². The molecule has 0 bridgehead atoms. The molecule has 0 aliphatic carbocycles. The van der Waals surface area contributed by atoms with E-state index in [1.54, 1.807) is 6.92 Å². The van der Waals surface area contributed by atoms with E-state index in [2.05, 4.69) is 4.72 Å². The van der Waals surface area contributed by atoms with Crippen LogP contribution >= 0.6 is 0 Å². The molecule has 0 aromatic heterocycles. The van der Waals surface area contributed by atoms with Crippen LogP contribution in [0.5, 0.6) is 0 Å². The van der Waals surface area contributed by atoms with Gasteiger partial charge in [0.05, 0.1) is 16.7 Å². The van der Waals surface area contributed by atoms with Crippen LogP contribution in [0.4, 0.5) is 10.1 Å². The van der Waals surface area contributed by atoms with Crippen LogP contribution in [0.15, 0.2) is 17.0 Å². The van der Waals surface area contributed by atoms with Crippen molar-refractivity contribution in [1.82, 2.24) is 4.72 Å². The summed E-state index contributed by atoms with van der Waals surface area (Å²) in [6.07, 6.45) is -0.290. The Morgan fingerprint density at radius 3 is 2.67 bits per heavy atom. The maximum absolute atomic E-state index is 13.1. The maximum Gasteiger partial charge on any atom is 0.240 e. The van der Waals surface area contributed by atoms with Crippen molar-refractivity contribution in [2.45, 2.75) is 31.3 Å². The first-order chi connectivity index (χ1) is 8.24. The molecule has 0 radical (unpaired) electrons. The van der Waals surface area contributed by atoms with Crippen molar-refractivity contribution in [3.05, 3.63) is 23.5 Å². The van der Waals surface area contributed by atoms with Gasteiger partial charge in [-0.1, -0.05) is 0 Å². The van der Waals surface area contributed by atoms with Crippen molar-refractivity contribution in [3.8, 4) is 0 Å². The second-order valence-corrected chi connectivity index (χ2v) is 5.91. The third kappa shape index (κ3) is 3.66. The summed E-state index contributed by atoms with van der Waals surface area (Å²) in [6, 6.07) is 2.17. The highest BCUT2D eigenvalue weighted by atomic mass is 32.2. The van der Waals surface area contributed by atoms with E-state index in [-0.39, 0.29) is 22.7 Å². The minimum Gasteiger partial charge on any atom is -0.396 e. The third-order valence-electron chi connectivity index (χ3n) is 2.44. The Morgan fingerprint density at radius 2 is 2.11 bits per heavy atom. The van der Waals surface area contributed by atoms with Crippen LogP contribution in [0.1, 0.15) is 18.9 Å². The fourth-order valence-electron chi connectivity index (χ4n) is 1.44. The molecule has 1 unspecified atom stereocenters. The van der Waals surface area contributed by atoms with Gasteiger partial charge in [-0.3, -0.25) is 0 Å². The van der Waals surface area contributed by atoms with Gasteiger partial charge in [0.25, 0.3) is 0 Å². The van der Waals surface area contributed by atoms with Gasteiger partial charge in [0.2, 0.25) is 10.0 Å². The van der Waals surface area contributed by atoms with E-state index in [0.29, 0.717) is 6.42 Å². The smallest absolute Gasteiger partial charge is 0.240 e. The molecule has 0 aliphatic rings. The van der Waals surface area contributed by atoms with E-state index in [0.717, 1.165) is 12.1 Å². The number of hydrogen-bond acceptors (Lipinski definition) is 4. The van der Waals surface area contributed by atoms with E-state index < -0.39 is 21.9 Å². The minimum atomic E-state index is -3.73. The summed E-state index contributed by atoms with van der Waals surface area (Å²) in [5, 5.41) is 9.05. The number of nitrogen functional groups attached to an aromatic ring is 1. The summed E-state index contributed by atoms with van der Waals surface area (Å²) >= 11 is 0. The summed E-state index contributed by atoms with van der Waals surface area (Å²) < 4.78 is 39.3. The maximum atomic E-state index is 13.1. The average Bonchev–Trinajstić information content (AvgIpc) is 2.22. The Labute approximate surface area is 106 Å². The molecule has 1 aromatic carbocycles. The van der Waals surface area contributed by atoms with Gasteiger partial charge >= 0.3 is 0 Å². The largest absolute Gasteiger partial charge is 0.396 e. The van der Waals surface area contributed by atoms with E-state index in [4.69, 9.17) is 10.8 Å². The number of nitrogens with one attached hydrogen (secondary N) is 1. The second-order valence-electron chi connectivity index (χ2n) is 4.17. The number of aliphatic hydroxyl groups is 1.